The molecule has 3 N–H and O–H groups in total. The molecule has 2 aromatic carbocycles. The molecule has 0 unspecified atom stereocenters. The molecule has 2 heterocycles. The topological polar surface area (TPSA) is 72.8 Å². The minimum Gasteiger partial charge on any atom is -0.385 e. The molecule has 1 amide bonds. The molecule has 6 heteroatoms. The van der Waals surface area contributed by atoms with Crippen LogP contribution in [0.4, 0.5) is 5.69 Å². The number of carbonyl (C=O) groups excluding carboxylic acids is 1. The zero-order valence-electron chi connectivity index (χ0n) is 15.9. The number of piperidine rings is 1. The number of aliphatic hydroxyl groups is 2. The van der Waals surface area contributed by atoms with Gasteiger partial charge in [-0.3, -0.25) is 9.69 Å². The Balaban J connectivity index is 1.60. The summed E-state index contributed by atoms with van der Waals surface area (Å²) in [6.07, 6.45) is 1.81. The molecule has 28 heavy (non-hydrogen) atoms. The standard InChI is InChI=1S/C22H25ClN2O3/c1-2-22(28,17-12-15-13-20(26)24-19(15)14-18(17)23)25-10-8-21(27,9-11-25)16-6-4-3-5-7-16/h3-7,12,14,27-28H,2,8-11,13H2,1H3,(H,24,26)/t22-/m0/s1. The summed E-state index contributed by atoms with van der Waals surface area (Å²) in [5.41, 5.74) is 0.982. The number of fused-ring (bicyclic) bond motifs is 1. The molecule has 5 nitrogen and oxygen atoms in total. The molecular weight excluding hydrogens is 376 g/mol. The van der Waals surface area contributed by atoms with Crippen molar-refractivity contribution in [2.24, 2.45) is 0 Å². The fraction of sp³-hybridized carbons (Fsp3) is 0.409. The van der Waals surface area contributed by atoms with Crippen molar-refractivity contribution in [3.63, 3.8) is 0 Å². The molecule has 2 aliphatic rings. The number of rotatable bonds is 4. The molecule has 0 aromatic heterocycles. The van der Waals surface area contributed by atoms with Crippen molar-refractivity contribution < 1.29 is 15.0 Å². The van der Waals surface area contributed by atoms with E-state index in [0.717, 1.165) is 11.1 Å². The Hall–Kier alpha value is -1.92. The van der Waals surface area contributed by atoms with Gasteiger partial charge in [0.2, 0.25) is 5.91 Å². The third-order valence-electron chi connectivity index (χ3n) is 6.17. The molecule has 148 valence electrons. The van der Waals surface area contributed by atoms with Crippen molar-refractivity contribution >= 4 is 23.2 Å². The van der Waals surface area contributed by atoms with E-state index in [0.29, 0.717) is 55.0 Å². The highest BCUT2D eigenvalue weighted by Gasteiger charge is 2.43. The Morgan fingerprint density at radius 3 is 2.54 bits per heavy atom. The van der Waals surface area contributed by atoms with Crippen molar-refractivity contribution in [2.75, 3.05) is 18.4 Å². The Labute approximate surface area is 169 Å². The molecule has 4 rings (SSSR count). The molecule has 1 saturated heterocycles. The first-order valence-corrected chi connectivity index (χ1v) is 10.1. The quantitative estimate of drug-likeness (QED) is 0.735. The van der Waals surface area contributed by atoms with Gasteiger partial charge in [-0.15, -0.1) is 0 Å². The molecular formula is C22H25ClN2O3. The maximum atomic E-state index is 11.7. The van der Waals surface area contributed by atoms with Crippen molar-refractivity contribution in [1.29, 1.82) is 0 Å². The first kappa shape index (κ1) is 19.4. The van der Waals surface area contributed by atoms with Crippen LogP contribution >= 0.6 is 11.6 Å². The zero-order valence-corrected chi connectivity index (χ0v) is 16.7. The molecule has 2 aromatic rings. The van der Waals surface area contributed by atoms with Crippen LogP contribution < -0.4 is 5.32 Å². The predicted octanol–water partition coefficient (Wildman–Crippen LogP) is 3.37. The zero-order chi connectivity index (χ0) is 19.9. The van der Waals surface area contributed by atoms with Crippen LogP contribution in [0.3, 0.4) is 0 Å². The number of halogens is 1. The van der Waals surface area contributed by atoms with Crippen LogP contribution in [0.15, 0.2) is 42.5 Å². The highest BCUT2D eigenvalue weighted by molar-refractivity contribution is 6.32. The van der Waals surface area contributed by atoms with E-state index in [9.17, 15) is 15.0 Å². The monoisotopic (exact) mass is 400 g/mol. The maximum Gasteiger partial charge on any atom is 0.228 e. The number of benzene rings is 2. The number of amides is 1. The van der Waals surface area contributed by atoms with Crippen LogP contribution in [-0.4, -0.2) is 34.1 Å². The highest BCUT2D eigenvalue weighted by Crippen LogP contribution is 2.42. The molecule has 1 fully saturated rings. The van der Waals surface area contributed by atoms with Crippen LogP contribution in [0.25, 0.3) is 0 Å². The largest absolute Gasteiger partial charge is 0.385 e. The summed E-state index contributed by atoms with van der Waals surface area (Å²) in [6, 6.07) is 13.3. The number of hydrogen-bond donors (Lipinski definition) is 3. The molecule has 0 bridgehead atoms. The Kier molecular flexibility index (Phi) is 4.96. The van der Waals surface area contributed by atoms with Gasteiger partial charge in [0.05, 0.1) is 17.0 Å². The SMILES string of the molecule is CC[C@](O)(c1cc2c(cc1Cl)NC(=O)C2)N1CCC(O)(c2ccccc2)CC1. The van der Waals surface area contributed by atoms with Crippen molar-refractivity contribution in [1.82, 2.24) is 4.90 Å². The first-order chi connectivity index (χ1) is 13.4. The molecule has 0 spiro atoms. The van der Waals surface area contributed by atoms with Gasteiger partial charge in [-0.05, 0) is 42.5 Å². The van der Waals surface area contributed by atoms with Crippen LogP contribution in [0.1, 0.15) is 42.9 Å². The molecule has 0 saturated carbocycles. The number of anilines is 1. The van der Waals surface area contributed by atoms with E-state index >= 15 is 0 Å². The summed E-state index contributed by atoms with van der Waals surface area (Å²) >= 11 is 6.50. The second kappa shape index (κ2) is 7.16. The van der Waals surface area contributed by atoms with Crippen LogP contribution in [-0.2, 0) is 22.5 Å². The Bertz CT molecular complexity index is 894. The van der Waals surface area contributed by atoms with Gasteiger partial charge < -0.3 is 15.5 Å². The van der Waals surface area contributed by atoms with E-state index in [-0.39, 0.29) is 5.91 Å². The fourth-order valence-corrected chi connectivity index (χ4v) is 4.74. The van der Waals surface area contributed by atoms with Crippen LogP contribution in [0, 0.1) is 0 Å². The van der Waals surface area contributed by atoms with E-state index in [1.807, 2.05) is 48.2 Å². The lowest BCUT2D eigenvalue weighted by atomic mass is 9.82. The predicted molar refractivity (Wildman–Crippen MR) is 109 cm³/mol. The van der Waals surface area contributed by atoms with E-state index in [1.165, 1.54) is 0 Å². The van der Waals surface area contributed by atoms with Gasteiger partial charge in [-0.1, -0.05) is 48.9 Å². The molecule has 0 aliphatic carbocycles. The summed E-state index contributed by atoms with van der Waals surface area (Å²) in [7, 11) is 0. The van der Waals surface area contributed by atoms with Crippen LogP contribution in [0.2, 0.25) is 5.02 Å². The van der Waals surface area contributed by atoms with Gasteiger partial charge in [-0.2, -0.15) is 0 Å². The van der Waals surface area contributed by atoms with Gasteiger partial charge in [-0.25, -0.2) is 0 Å². The minimum absolute atomic E-state index is 0.0610. The molecule has 1 atom stereocenters. The smallest absolute Gasteiger partial charge is 0.228 e. The summed E-state index contributed by atoms with van der Waals surface area (Å²) in [4.78, 5) is 13.7. The van der Waals surface area contributed by atoms with E-state index in [1.54, 1.807) is 6.07 Å². The van der Waals surface area contributed by atoms with Crippen molar-refractivity contribution in [3.05, 3.63) is 64.2 Å². The Morgan fingerprint density at radius 1 is 1.21 bits per heavy atom. The number of nitrogens with one attached hydrogen (secondary N) is 1. The molecule has 0 radical (unpaired) electrons. The molecule has 2 aliphatic heterocycles. The average Bonchev–Trinajstić information content (AvgIpc) is 3.07. The van der Waals surface area contributed by atoms with Gasteiger partial charge >= 0.3 is 0 Å². The van der Waals surface area contributed by atoms with Gasteiger partial charge in [0.15, 0.2) is 0 Å². The Morgan fingerprint density at radius 2 is 1.89 bits per heavy atom. The maximum absolute atomic E-state index is 11.7. The number of likely N-dealkylation sites (tertiary alicyclic amines) is 1. The second-order valence-electron chi connectivity index (χ2n) is 7.77. The van der Waals surface area contributed by atoms with Gasteiger partial charge in [0.25, 0.3) is 0 Å². The van der Waals surface area contributed by atoms with E-state index < -0.39 is 11.3 Å². The number of nitrogens with zero attached hydrogens (tertiary/aromatic N) is 1. The highest BCUT2D eigenvalue weighted by atomic mass is 35.5. The minimum atomic E-state index is -1.24. The number of carbonyl (C=O) groups is 1. The average molecular weight is 401 g/mol. The number of hydrogen-bond acceptors (Lipinski definition) is 4. The van der Waals surface area contributed by atoms with Crippen molar-refractivity contribution in [2.45, 2.75) is 43.9 Å². The van der Waals surface area contributed by atoms with E-state index in [4.69, 9.17) is 11.6 Å². The van der Waals surface area contributed by atoms with Gasteiger partial charge in [0, 0.05) is 24.3 Å². The fourth-order valence-electron chi connectivity index (χ4n) is 4.42. The summed E-state index contributed by atoms with van der Waals surface area (Å²) < 4.78 is 0. The third-order valence-corrected chi connectivity index (χ3v) is 6.48. The second-order valence-corrected chi connectivity index (χ2v) is 8.18. The first-order valence-electron chi connectivity index (χ1n) is 9.74. The van der Waals surface area contributed by atoms with Gasteiger partial charge in [0.1, 0.15) is 5.72 Å². The summed E-state index contributed by atoms with van der Waals surface area (Å²) in [5.74, 6) is -0.0610. The lowest BCUT2D eigenvalue weighted by molar-refractivity contribution is -0.153. The summed E-state index contributed by atoms with van der Waals surface area (Å²) in [6.45, 7) is 3.01. The van der Waals surface area contributed by atoms with Crippen molar-refractivity contribution in [3.8, 4) is 0 Å². The lowest BCUT2D eigenvalue weighted by Crippen LogP contribution is -2.53. The third kappa shape index (κ3) is 3.22. The van der Waals surface area contributed by atoms with Crippen LogP contribution in [0.5, 0.6) is 0 Å². The van der Waals surface area contributed by atoms with E-state index in [2.05, 4.69) is 5.32 Å². The lowest BCUT2D eigenvalue weighted by Gasteiger charge is -2.46. The normalized spacial score (nSPS) is 21.1. The summed E-state index contributed by atoms with van der Waals surface area (Å²) in [5, 5.41) is 25.9.